The van der Waals surface area contributed by atoms with Gasteiger partial charge in [0.05, 0.1) is 11.3 Å². The second-order valence-electron chi connectivity index (χ2n) is 4.13. The zero-order valence-corrected chi connectivity index (χ0v) is 12.3. The van der Waals surface area contributed by atoms with Gasteiger partial charge in [-0.3, -0.25) is 0 Å². The second kappa shape index (κ2) is 6.25. The molecule has 0 aliphatic rings. The molecule has 1 aromatic carbocycles. The van der Waals surface area contributed by atoms with Gasteiger partial charge in [0.15, 0.2) is 5.69 Å². The number of hydrogen-bond donors (Lipinski definition) is 2. The number of aromatic nitrogens is 2. The topological polar surface area (TPSA) is 101 Å². The number of halogens is 1. The molecule has 0 fully saturated rings. The standard InChI is InChI=1S/C12H12ClN3O4S/c13-9-3-1-2-4-11(9)21(19,20)15-5-6-16-7-10(12(17)18)14-8-16/h1-4,7-8,15H,5-6H2,(H,17,18). The lowest BCUT2D eigenvalue weighted by molar-refractivity contribution is 0.0691. The number of carbonyl (C=O) groups is 1. The van der Waals surface area contributed by atoms with E-state index in [1.165, 1.54) is 29.2 Å². The van der Waals surface area contributed by atoms with E-state index in [9.17, 15) is 13.2 Å². The van der Waals surface area contributed by atoms with Crippen LogP contribution in [0.5, 0.6) is 0 Å². The Hall–Kier alpha value is -1.90. The van der Waals surface area contributed by atoms with Gasteiger partial charge >= 0.3 is 5.97 Å². The van der Waals surface area contributed by atoms with Crippen molar-refractivity contribution < 1.29 is 18.3 Å². The SMILES string of the molecule is O=C(O)c1cn(CCNS(=O)(=O)c2ccccc2Cl)cn1. The lowest BCUT2D eigenvalue weighted by Gasteiger charge is -2.08. The summed E-state index contributed by atoms with van der Waals surface area (Å²) in [4.78, 5) is 14.3. The van der Waals surface area contributed by atoms with Crippen molar-refractivity contribution in [2.45, 2.75) is 11.4 Å². The minimum Gasteiger partial charge on any atom is -0.476 e. The first-order chi connectivity index (χ1) is 9.90. The van der Waals surface area contributed by atoms with Crippen molar-refractivity contribution in [3.8, 4) is 0 Å². The molecule has 7 nitrogen and oxygen atoms in total. The van der Waals surface area contributed by atoms with E-state index < -0.39 is 16.0 Å². The third-order valence-corrected chi connectivity index (χ3v) is 4.60. The number of nitrogens with zero attached hydrogens (tertiary/aromatic N) is 2. The van der Waals surface area contributed by atoms with E-state index in [0.717, 1.165) is 0 Å². The number of benzene rings is 1. The van der Waals surface area contributed by atoms with Crippen LogP contribution >= 0.6 is 11.6 Å². The van der Waals surface area contributed by atoms with Crippen molar-refractivity contribution in [1.82, 2.24) is 14.3 Å². The minimum absolute atomic E-state index is 0.00326. The Balaban J connectivity index is 1.99. The predicted octanol–water partition coefficient (Wildman–Crippen LogP) is 1.21. The molecular formula is C12H12ClN3O4S. The molecule has 0 aliphatic carbocycles. The van der Waals surface area contributed by atoms with E-state index in [0.29, 0.717) is 0 Å². The van der Waals surface area contributed by atoms with Gasteiger partial charge in [-0.2, -0.15) is 0 Å². The highest BCUT2D eigenvalue weighted by atomic mass is 35.5. The normalized spacial score (nSPS) is 11.5. The molecule has 112 valence electrons. The van der Waals surface area contributed by atoms with Crippen molar-refractivity contribution >= 4 is 27.6 Å². The van der Waals surface area contributed by atoms with Crippen LogP contribution in [-0.4, -0.2) is 35.6 Å². The van der Waals surface area contributed by atoms with E-state index in [-0.39, 0.29) is 28.7 Å². The number of aromatic carboxylic acids is 1. The molecule has 1 aromatic heterocycles. The quantitative estimate of drug-likeness (QED) is 0.829. The van der Waals surface area contributed by atoms with Crippen molar-refractivity contribution in [3.63, 3.8) is 0 Å². The molecular weight excluding hydrogens is 318 g/mol. The molecule has 0 radical (unpaired) electrons. The molecule has 2 N–H and O–H groups in total. The first kappa shape index (κ1) is 15.5. The molecule has 0 saturated heterocycles. The van der Waals surface area contributed by atoms with Gasteiger partial charge in [-0.05, 0) is 12.1 Å². The van der Waals surface area contributed by atoms with E-state index in [4.69, 9.17) is 16.7 Å². The van der Waals surface area contributed by atoms with Gasteiger partial charge in [0, 0.05) is 19.3 Å². The third kappa shape index (κ3) is 3.81. The molecule has 21 heavy (non-hydrogen) atoms. The van der Waals surface area contributed by atoms with Crippen LogP contribution in [0.3, 0.4) is 0 Å². The first-order valence-electron chi connectivity index (χ1n) is 5.89. The molecule has 0 bridgehead atoms. The van der Waals surface area contributed by atoms with Crippen LogP contribution in [-0.2, 0) is 16.6 Å². The molecule has 0 aliphatic heterocycles. The Morgan fingerprint density at radius 3 is 2.71 bits per heavy atom. The first-order valence-corrected chi connectivity index (χ1v) is 7.75. The largest absolute Gasteiger partial charge is 0.476 e. The Morgan fingerprint density at radius 2 is 2.10 bits per heavy atom. The van der Waals surface area contributed by atoms with Crippen LogP contribution in [0, 0.1) is 0 Å². The van der Waals surface area contributed by atoms with Gasteiger partial charge in [0.1, 0.15) is 4.90 Å². The average molecular weight is 330 g/mol. The number of carboxylic acid groups (broad SMARTS) is 1. The average Bonchev–Trinajstić information content (AvgIpc) is 2.88. The van der Waals surface area contributed by atoms with Crippen LogP contribution < -0.4 is 4.72 Å². The number of hydrogen-bond acceptors (Lipinski definition) is 4. The monoisotopic (exact) mass is 329 g/mol. The maximum Gasteiger partial charge on any atom is 0.356 e. The minimum atomic E-state index is -3.70. The maximum absolute atomic E-state index is 12.0. The van der Waals surface area contributed by atoms with Gasteiger partial charge in [-0.1, -0.05) is 23.7 Å². The van der Waals surface area contributed by atoms with E-state index in [1.807, 2.05) is 0 Å². The number of nitrogens with one attached hydrogen (secondary N) is 1. The van der Waals surface area contributed by atoms with Crippen LogP contribution in [0.15, 0.2) is 41.7 Å². The van der Waals surface area contributed by atoms with Crippen molar-refractivity contribution in [2.75, 3.05) is 6.54 Å². The fraction of sp³-hybridized carbons (Fsp3) is 0.167. The second-order valence-corrected chi connectivity index (χ2v) is 6.27. The third-order valence-electron chi connectivity index (χ3n) is 2.64. The maximum atomic E-state index is 12.0. The van der Waals surface area contributed by atoms with Crippen LogP contribution in [0.2, 0.25) is 5.02 Å². The van der Waals surface area contributed by atoms with Crippen molar-refractivity contribution in [1.29, 1.82) is 0 Å². The van der Waals surface area contributed by atoms with Crippen LogP contribution in [0.1, 0.15) is 10.5 Å². The van der Waals surface area contributed by atoms with E-state index in [2.05, 4.69) is 9.71 Å². The highest BCUT2D eigenvalue weighted by molar-refractivity contribution is 7.89. The highest BCUT2D eigenvalue weighted by Crippen LogP contribution is 2.19. The van der Waals surface area contributed by atoms with Crippen LogP contribution in [0.4, 0.5) is 0 Å². The molecule has 0 atom stereocenters. The molecule has 2 aromatic rings. The zero-order chi connectivity index (χ0) is 15.5. The fourth-order valence-electron chi connectivity index (χ4n) is 1.64. The summed E-state index contributed by atoms with van der Waals surface area (Å²) < 4.78 is 28.0. The lowest BCUT2D eigenvalue weighted by Crippen LogP contribution is -2.27. The Labute approximate surface area is 126 Å². The molecule has 2 rings (SSSR count). The number of imidazole rings is 1. The van der Waals surface area contributed by atoms with Crippen LogP contribution in [0.25, 0.3) is 0 Å². The molecule has 0 saturated carbocycles. The number of rotatable bonds is 6. The lowest BCUT2D eigenvalue weighted by atomic mass is 10.4. The van der Waals surface area contributed by atoms with Gasteiger partial charge in [0.25, 0.3) is 0 Å². The summed E-state index contributed by atoms with van der Waals surface area (Å²) in [6, 6.07) is 6.12. The van der Waals surface area contributed by atoms with Crippen molar-refractivity contribution in [3.05, 3.63) is 47.5 Å². The summed E-state index contributed by atoms with van der Waals surface area (Å²) in [5.41, 5.74) is -0.0936. The van der Waals surface area contributed by atoms with Gasteiger partial charge in [-0.25, -0.2) is 22.9 Å². The van der Waals surface area contributed by atoms with Gasteiger partial charge < -0.3 is 9.67 Å². The molecule has 0 unspecified atom stereocenters. The molecule has 1 heterocycles. The van der Waals surface area contributed by atoms with Crippen molar-refractivity contribution in [2.24, 2.45) is 0 Å². The summed E-state index contributed by atoms with van der Waals surface area (Å²) >= 11 is 5.84. The fourth-order valence-corrected chi connectivity index (χ4v) is 3.18. The highest BCUT2D eigenvalue weighted by Gasteiger charge is 2.16. The Bertz CT molecular complexity index is 757. The van der Waals surface area contributed by atoms with Gasteiger partial charge in [-0.15, -0.1) is 0 Å². The Morgan fingerprint density at radius 1 is 1.38 bits per heavy atom. The predicted molar refractivity (Wildman–Crippen MR) is 75.8 cm³/mol. The van der Waals surface area contributed by atoms with E-state index in [1.54, 1.807) is 12.1 Å². The number of carboxylic acids is 1. The molecule has 9 heteroatoms. The molecule has 0 spiro atoms. The number of sulfonamides is 1. The Kier molecular flexibility index (Phi) is 4.61. The van der Waals surface area contributed by atoms with Gasteiger partial charge in [0.2, 0.25) is 10.0 Å². The summed E-state index contributed by atoms with van der Waals surface area (Å²) in [6.45, 7) is 0.340. The summed E-state index contributed by atoms with van der Waals surface area (Å²) in [5, 5.41) is 8.87. The smallest absolute Gasteiger partial charge is 0.356 e. The summed E-state index contributed by atoms with van der Waals surface area (Å²) in [5.74, 6) is -1.13. The molecule has 0 amide bonds. The zero-order valence-electron chi connectivity index (χ0n) is 10.7. The summed E-state index contributed by atoms with van der Waals surface area (Å²) in [7, 11) is -3.70. The van der Waals surface area contributed by atoms with E-state index >= 15 is 0 Å². The summed E-state index contributed by atoms with van der Waals surface area (Å²) in [6.07, 6.45) is 2.65.